The second kappa shape index (κ2) is 8.40. The number of amides is 2. The fraction of sp³-hybridized carbons (Fsp3) is 0.130. The van der Waals surface area contributed by atoms with E-state index in [1.54, 1.807) is 31.5 Å². The Morgan fingerprint density at radius 1 is 1.09 bits per heavy atom. The summed E-state index contributed by atoms with van der Waals surface area (Å²) in [6.07, 6.45) is 2.39. The van der Waals surface area contributed by atoms with Gasteiger partial charge in [0.25, 0.3) is 23.6 Å². The van der Waals surface area contributed by atoms with Gasteiger partial charge in [0.1, 0.15) is 0 Å². The predicted octanol–water partition coefficient (Wildman–Crippen LogP) is 3.91. The molecule has 0 saturated carbocycles. The number of pyridine rings is 1. The van der Waals surface area contributed by atoms with Crippen molar-refractivity contribution in [1.82, 2.24) is 20.1 Å². The van der Waals surface area contributed by atoms with E-state index in [0.717, 1.165) is 15.3 Å². The van der Waals surface area contributed by atoms with E-state index in [2.05, 4.69) is 15.2 Å². The monoisotopic (exact) mass is 460 g/mol. The van der Waals surface area contributed by atoms with Crippen LogP contribution in [0, 0.1) is 0 Å². The smallest absolute Gasteiger partial charge is 0.338 e. The second-order valence-electron chi connectivity index (χ2n) is 7.28. The first-order valence-electron chi connectivity index (χ1n) is 9.98. The van der Waals surface area contributed by atoms with Crippen molar-refractivity contribution in [3.8, 4) is 10.8 Å². The summed E-state index contributed by atoms with van der Waals surface area (Å²) < 4.78 is 11.1. The number of imide groups is 1. The van der Waals surface area contributed by atoms with E-state index in [-0.39, 0.29) is 29.1 Å². The number of fused-ring (bicyclic) bond motifs is 1. The lowest BCUT2D eigenvalue weighted by molar-refractivity contribution is 0.0279. The maximum atomic E-state index is 12.9. The van der Waals surface area contributed by atoms with Crippen LogP contribution >= 0.6 is 11.3 Å². The van der Waals surface area contributed by atoms with Crippen LogP contribution in [0.4, 0.5) is 0 Å². The minimum atomic E-state index is -0.799. The largest absolute Gasteiger partial charge is 0.449 e. The molecule has 4 aromatic rings. The normalized spacial score (nSPS) is 13.8. The Kier molecular flexibility index (Phi) is 5.27. The standard InChI is InChI=1S/C23H16N4O5S/c1-13(19-25-26-20(32-19)18-3-2-10-33-18)31-23(30)15-4-5-16-17(11-15)22(29)27(21(16)28)12-14-6-8-24-9-7-14/h2-11,13H,12H2,1H3/t13-/m0/s1. The molecule has 0 unspecified atom stereocenters. The molecule has 9 nitrogen and oxygen atoms in total. The number of carbonyl (C=O) groups is 3. The molecule has 5 rings (SSSR count). The number of benzene rings is 1. The molecular formula is C23H16N4O5S. The molecule has 3 aromatic heterocycles. The van der Waals surface area contributed by atoms with Gasteiger partial charge >= 0.3 is 5.97 Å². The molecule has 1 aliphatic heterocycles. The fourth-order valence-electron chi connectivity index (χ4n) is 3.41. The summed E-state index contributed by atoms with van der Waals surface area (Å²) >= 11 is 1.45. The molecular weight excluding hydrogens is 444 g/mol. The van der Waals surface area contributed by atoms with Gasteiger partial charge in [0.05, 0.1) is 28.1 Å². The van der Waals surface area contributed by atoms with E-state index < -0.39 is 23.9 Å². The lowest BCUT2D eigenvalue weighted by Crippen LogP contribution is -2.29. The molecule has 0 saturated heterocycles. The minimum absolute atomic E-state index is 0.120. The molecule has 4 heterocycles. The van der Waals surface area contributed by atoms with Gasteiger partial charge in [-0.15, -0.1) is 21.5 Å². The van der Waals surface area contributed by atoms with E-state index >= 15 is 0 Å². The number of carbonyl (C=O) groups excluding carboxylic acids is 3. The van der Waals surface area contributed by atoms with Gasteiger partial charge < -0.3 is 9.15 Å². The van der Waals surface area contributed by atoms with Crippen molar-refractivity contribution in [3.05, 3.63) is 88.4 Å². The quantitative estimate of drug-likeness (QED) is 0.314. The number of nitrogens with zero attached hydrogens (tertiary/aromatic N) is 4. The van der Waals surface area contributed by atoms with Crippen LogP contribution in [0.2, 0.25) is 0 Å². The molecule has 10 heteroatoms. The minimum Gasteiger partial charge on any atom is -0.449 e. The SMILES string of the molecule is C[C@H](OC(=O)c1ccc2c(c1)C(=O)N(Cc1ccncc1)C2=O)c1nnc(-c2cccs2)o1. The van der Waals surface area contributed by atoms with Crippen LogP contribution in [0.15, 0.2) is 64.7 Å². The molecule has 0 bridgehead atoms. The summed E-state index contributed by atoms with van der Waals surface area (Å²) in [5.41, 5.74) is 1.32. The molecule has 0 aliphatic carbocycles. The van der Waals surface area contributed by atoms with Gasteiger partial charge in [-0.05, 0) is 54.3 Å². The van der Waals surface area contributed by atoms with Crippen molar-refractivity contribution < 1.29 is 23.5 Å². The van der Waals surface area contributed by atoms with Crippen LogP contribution in [0.1, 0.15) is 55.6 Å². The number of esters is 1. The van der Waals surface area contributed by atoms with Crippen LogP contribution in [-0.4, -0.2) is 37.9 Å². The first kappa shape index (κ1) is 20.7. The number of aromatic nitrogens is 3. The van der Waals surface area contributed by atoms with Gasteiger partial charge in [0.15, 0.2) is 6.10 Å². The fourth-order valence-corrected chi connectivity index (χ4v) is 4.05. The highest BCUT2D eigenvalue weighted by Crippen LogP contribution is 2.28. The summed E-state index contributed by atoms with van der Waals surface area (Å²) in [6, 6.07) is 11.5. The van der Waals surface area contributed by atoms with E-state index in [0.29, 0.717) is 5.89 Å². The molecule has 33 heavy (non-hydrogen) atoms. The average Bonchev–Trinajstić information content (AvgIpc) is 3.57. The zero-order valence-electron chi connectivity index (χ0n) is 17.3. The van der Waals surface area contributed by atoms with E-state index in [9.17, 15) is 14.4 Å². The number of thiophene rings is 1. The van der Waals surface area contributed by atoms with Crippen LogP contribution < -0.4 is 0 Å². The van der Waals surface area contributed by atoms with Crippen LogP contribution in [-0.2, 0) is 11.3 Å². The number of hydrogen-bond acceptors (Lipinski definition) is 9. The Hall–Kier alpha value is -4.18. The molecule has 1 aromatic carbocycles. The Labute approximate surface area is 191 Å². The number of hydrogen-bond donors (Lipinski definition) is 0. The lowest BCUT2D eigenvalue weighted by atomic mass is 10.1. The molecule has 2 amide bonds. The summed E-state index contributed by atoms with van der Waals surface area (Å²) in [5, 5.41) is 9.82. The molecule has 0 spiro atoms. The highest BCUT2D eigenvalue weighted by molar-refractivity contribution is 7.13. The third kappa shape index (κ3) is 3.92. The number of rotatable bonds is 6. The first-order valence-corrected chi connectivity index (χ1v) is 10.9. The predicted molar refractivity (Wildman–Crippen MR) is 116 cm³/mol. The highest BCUT2D eigenvalue weighted by atomic mass is 32.1. The Morgan fingerprint density at radius 2 is 1.88 bits per heavy atom. The van der Waals surface area contributed by atoms with Crippen LogP contribution in [0.5, 0.6) is 0 Å². The van der Waals surface area contributed by atoms with Crippen molar-refractivity contribution in [2.24, 2.45) is 0 Å². The molecule has 164 valence electrons. The lowest BCUT2D eigenvalue weighted by Gasteiger charge is -2.13. The van der Waals surface area contributed by atoms with Crippen molar-refractivity contribution >= 4 is 29.1 Å². The van der Waals surface area contributed by atoms with Gasteiger partial charge in [-0.25, -0.2) is 4.79 Å². The molecule has 1 aliphatic rings. The Bertz CT molecular complexity index is 1350. The molecule has 0 N–H and O–H groups in total. The second-order valence-corrected chi connectivity index (χ2v) is 8.23. The topological polar surface area (TPSA) is 115 Å². The number of ether oxygens (including phenoxy) is 1. The highest BCUT2D eigenvalue weighted by Gasteiger charge is 2.36. The maximum Gasteiger partial charge on any atom is 0.338 e. The molecule has 0 fully saturated rings. The van der Waals surface area contributed by atoms with E-state index in [1.807, 2.05) is 17.5 Å². The van der Waals surface area contributed by atoms with Gasteiger partial charge in [-0.2, -0.15) is 0 Å². The van der Waals surface area contributed by atoms with Gasteiger partial charge in [-0.1, -0.05) is 6.07 Å². The zero-order valence-corrected chi connectivity index (χ0v) is 18.1. The third-order valence-electron chi connectivity index (χ3n) is 5.10. The van der Waals surface area contributed by atoms with Crippen molar-refractivity contribution in [3.63, 3.8) is 0 Å². The van der Waals surface area contributed by atoms with Crippen molar-refractivity contribution in [2.45, 2.75) is 19.6 Å². The summed E-state index contributed by atoms with van der Waals surface area (Å²) in [6.45, 7) is 1.73. The Morgan fingerprint density at radius 3 is 2.64 bits per heavy atom. The third-order valence-corrected chi connectivity index (χ3v) is 5.96. The summed E-state index contributed by atoms with van der Waals surface area (Å²) in [4.78, 5) is 44.1. The maximum absolute atomic E-state index is 12.9. The average molecular weight is 460 g/mol. The molecule has 1 atom stereocenters. The van der Waals surface area contributed by atoms with Gasteiger partial charge in [-0.3, -0.25) is 19.5 Å². The van der Waals surface area contributed by atoms with E-state index in [4.69, 9.17) is 9.15 Å². The van der Waals surface area contributed by atoms with Crippen molar-refractivity contribution in [1.29, 1.82) is 0 Å². The van der Waals surface area contributed by atoms with Crippen LogP contribution in [0.3, 0.4) is 0 Å². The summed E-state index contributed by atoms with van der Waals surface area (Å²) in [5.74, 6) is -1.05. The van der Waals surface area contributed by atoms with E-state index in [1.165, 1.54) is 29.5 Å². The van der Waals surface area contributed by atoms with Gasteiger partial charge in [0, 0.05) is 12.4 Å². The first-order chi connectivity index (χ1) is 16.0. The zero-order chi connectivity index (χ0) is 22.9. The summed E-state index contributed by atoms with van der Waals surface area (Å²) in [7, 11) is 0. The van der Waals surface area contributed by atoms with Crippen molar-refractivity contribution in [2.75, 3.05) is 0 Å². The van der Waals surface area contributed by atoms with Gasteiger partial charge in [0.2, 0.25) is 0 Å². The molecule has 0 radical (unpaired) electrons. The Balaban J connectivity index is 1.31. The van der Waals surface area contributed by atoms with Crippen LogP contribution in [0.25, 0.3) is 10.8 Å².